The van der Waals surface area contributed by atoms with Gasteiger partial charge in [0.15, 0.2) is 0 Å². The highest BCUT2D eigenvalue weighted by molar-refractivity contribution is 5.99. The van der Waals surface area contributed by atoms with Gasteiger partial charge in [0.1, 0.15) is 0 Å². The van der Waals surface area contributed by atoms with E-state index < -0.39 is 0 Å². The zero-order valence-corrected chi connectivity index (χ0v) is 14.7. The molecule has 0 spiro atoms. The topological polar surface area (TPSA) is 49.4 Å². The molecule has 1 aromatic rings. The van der Waals surface area contributed by atoms with E-state index >= 15 is 0 Å². The van der Waals surface area contributed by atoms with Crippen molar-refractivity contribution in [3.8, 4) is 0 Å². The summed E-state index contributed by atoms with van der Waals surface area (Å²) >= 11 is 0. The lowest BCUT2D eigenvalue weighted by atomic mass is 10.1. The maximum atomic E-state index is 12.5. The van der Waals surface area contributed by atoms with Crippen LogP contribution in [0.5, 0.6) is 0 Å². The number of carbonyl (C=O) groups excluding carboxylic acids is 2. The lowest BCUT2D eigenvalue weighted by Crippen LogP contribution is -2.34. The van der Waals surface area contributed by atoms with Gasteiger partial charge in [-0.1, -0.05) is 19.9 Å². The summed E-state index contributed by atoms with van der Waals surface area (Å²) in [5.74, 6) is -0.172. The number of hydrogen-bond donors (Lipinski definition) is 1. The molecule has 2 rings (SSSR count). The standard InChI is InChI=1S/C19H28N2O2/c1-5-7-21(8-6-2)19(23)17-12-16(17)18(22)20-15-10-13(3)9-14(4)11-15/h9-11,16-17H,5-8,12H2,1-4H3,(H,20,22). The zero-order chi connectivity index (χ0) is 17.0. The SMILES string of the molecule is CCCN(CCC)C(=O)C1CC1C(=O)Nc1cc(C)cc(C)c1. The number of aryl methyl sites for hydroxylation is 2. The highest BCUT2D eigenvalue weighted by atomic mass is 16.2. The van der Waals surface area contributed by atoms with Crippen molar-refractivity contribution < 1.29 is 9.59 Å². The molecule has 0 bridgehead atoms. The summed E-state index contributed by atoms with van der Waals surface area (Å²) in [6.07, 6.45) is 2.59. The molecule has 4 nitrogen and oxygen atoms in total. The fraction of sp³-hybridized carbons (Fsp3) is 0.579. The molecule has 1 aliphatic rings. The predicted molar refractivity (Wildman–Crippen MR) is 93.3 cm³/mol. The number of rotatable bonds is 7. The van der Waals surface area contributed by atoms with Crippen molar-refractivity contribution in [2.45, 2.75) is 47.0 Å². The first-order chi connectivity index (χ1) is 11.0. The van der Waals surface area contributed by atoms with Crippen molar-refractivity contribution in [1.29, 1.82) is 0 Å². The van der Waals surface area contributed by atoms with Crippen LogP contribution in [0, 0.1) is 25.7 Å². The molecule has 0 radical (unpaired) electrons. The second kappa shape index (κ2) is 7.62. The number of nitrogens with zero attached hydrogens (tertiary/aromatic N) is 1. The van der Waals surface area contributed by atoms with Crippen molar-refractivity contribution in [2.75, 3.05) is 18.4 Å². The molecule has 1 N–H and O–H groups in total. The molecule has 4 heteroatoms. The number of carbonyl (C=O) groups is 2. The molecule has 126 valence electrons. The third-order valence-corrected chi connectivity index (χ3v) is 4.23. The van der Waals surface area contributed by atoms with Gasteiger partial charge in [-0.3, -0.25) is 9.59 Å². The van der Waals surface area contributed by atoms with Crippen LogP contribution in [0.1, 0.15) is 44.2 Å². The second-order valence-corrected chi connectivity index (χ2v) is 6.64. The number of anilines is 1. The van der Waals surface area contributed by atoms with E-state index in [2.05, 4.69) is 25.2 Å². The van der Waals surface area contributed by atoms with Gasteiger partial charge in [-0.25, -0.2) is 0 Å². The van der Waals surface area contributed by atoms with Crippen LogP contribution >= 0.6 is 0 Å². The van der Waals surface area contributed by atoms with Crippen molar-refractivity contribution >= 4 is 17.5 Å². The van der Waals surface area contributed by atoms with Gasteiger partial charge >= 0.3 is 0 Å². The average molecular weight is 316 g/mol. The summed E-state index contributed by atoms with van der Waals surface area (Å²) in [6.45, 7) is 9.75. The van der Waals surface area contributed by atoms with Crippen LogP contribution < -0.4 is 5.32 Å². The predicted octanol–water partition coefficient (Wildman–Crippen LogP) is 3.53. The van der Waals surface area contributed by atoms with Crippen molar-refractivity contribution in [3.63, 3.8) is 0 Å². The Morgan fingerprint density at radius 2 is 1.61 bits per heavy atom. The zero-order valence-electron chi connectivity index (χ0n) is 14.7. The van der Waals surface area contributed by atoms with E-state index in [1.54, 1.807) is 0 Å². The monoisotopic (exact) mass is 316 g/mol. The molecule has 0 aliphatic heterocycles. The summed E-state index contributed by atoms with van der Waals surface area (Å²) in [4.78, 5) is 26.8. The molecule has 2 atom stereocenters. The number of benzene rings is 1. The molecule has 1 aromatic carbocycles. The third-order valence-electron chi connectivity index (χ3n) is 4.23. The minimum atomic E-state index is -0.167. The summed E-state index contributed by atoms with van der Waals surface area (Å²) in [6, 6.07) is 6.00. The highest BCUT2D eigenvalue weighted by Crippen LogP contribution is 2.41. The molecule has 0 heterocycles. The van der Waals surface area contributed by atoms with Crippen molar-refractivity contribution in [1.82, 2.24) is 4.90 Å². The van der Waals surface area contributed by atoms with E-state index in [1.165, 1.54) is 0 Å². The van der Waals surface area contributed by atoms with Gasteiger partial charge in [0, 0.05) is 18.8 Å². The fourth-order valence-electron chi connectivity index (χ4n) is 3.15. The first-order valence-corrected chi connectivity index (χ1v) is 8.64. The molecular weight excluding hydrogens is 288 g/mol. The second-order valence-electron chi connectivity index (χ2n) is 6.64. The van der Waals surface area contributed by atoms with Crippen LogP contribution in [0.2, 0.25) is 0 Å². The quantitative estimate of drug-likeness (QED) is 0.836. The Balaban J connectivity index is 1.94. The molecule has 0 saturated heterocycles. The van der Waals surface area contributed by atoms with Crippen LogP contribution in [-0.4, -0.2) is 29.8 Å². The first-order valence-electron chi connectivity index (χ1n) is 8.64. The van der Waals surface area contributed by atoms with Gasteiger partial charge in [-0.2, -0.15) is 0 Å². The lowest BCUT2D eigenvalue weighted by Gasteiger charge is -2.21. The maximum absolute atomic E-state index is 12.5. The Morgan fingerprint density at radius 1 is 1.04 bits per heavy atom. The van der Waals surface area contributed by atoms with Crippen LogP contribution in [0.3, 0.4) is 0 Å². The minimum Gasteiger partial charge on any atom is -0.342 e. The maximum Gasteiger partial charge on any atom is 0.228 e. The van der Waals surface area contributed by atoms with Crippen LogP contribution in [-0.2, 0) is 9.59 Å². The smallest absolute Gasteiger partial charge is 0.228 e. The molecule has 2 unspecified atom stereocenters. The number of nitrogens with one attached hydrogen (secondary N) is 1. The van der Waals surface area contributed by atoms with E-state index in [0.717, 1.165) is 42.7 Å². The molecule has 23 heavy (non-hydrogen) atoms. The number of amides is 2. The van der Waals surface area contributed by atoms with Crippen LogP contribution in [0.4, 0.5) is 5.69 Å². The molecule has 1 aliphatic carbocycles. The fourth-order valence-corrected chi connectivity index (χ4v) is 3.15. The van der Waals surface area contributed by atoms with Crippen molar-refractivity contribution in [2.24, 2.45) is 11.8 Å². The van der Waals surface area contributed by atoms with Gasteiger partial charge < -0.3 is 10.2 Å². The molecule has 1 fully saturated rings. The van der Waals surface area contributed by atoms with E-state index in [0.29, 0.717) is 6.42 Å². The summed E-state index contributed by atoms with van der Waals surface area (Å²) < 4.78 is 0. The molecular formula is C19H28N2O2. The third kappa shape index (κ3) is 4.57. The molecule has 1 saturated carbocycles. The molecule has 2 amide bonds. The van der Waals surface area contributed by atoms with Crippen molar-refractivity contribution in [3.05, 3.63) is 29.3 Å². The average Bonchev–Trinajstić information content (AvgIpc) is 3.25. The van der Waals surface area contributed by atoms with Gasteiger partial charge in [0.05, 0.1) is 11.8 Å². The Morgan fingerprint density at radius 3 is 2.13 bits per heavy atom. The minimum absolute atomic E-state index is 0.0266. The van der Waals surface area contributed by atoms with E-state index in [1.807, 2.05) is 30.9 Å². The van der Waals surface area contributed by atoms with Crippen LogP contribution in [0.25, 0.3) is 0 Å². The van der Waals surface area contributed by atoms with Gasteiger partial charge in [-0.05, 0) is 56.4 Å². The summed E-state index contributed by atoms with van der Waals surface area (Å²) in [5, 5.41) is 2.96. The van der Waals surface area contributed by atoms with Gasteiger partial charge in [0.25, 0.3) is 0 Å². The first kappa shape index (κ1) is 17.5. The summed E-state index contributed by atoms with van der Waals surface area (Å²) in [7, 11) is 0. The van der Waals surface area contributed by atoms with E-state index in [-0.39, 0.29) is 23.7 Å². The Hall–Kier alpha value is -1.84. The lowest BCUT2D eigenvalue weighted by molar-refractivity contribution is -0.134. The van der Waals surface area contributed by atoms with Crippen LogP contribution in [0.15, 0.2) is 18.2 Å². The number of hydrogen-bond acceptors (Lipinski definition) is 2. The Bertz CT molecular complexity index is 556. The Kier molecular flexibility index (Phi) is 5.80. The highest BCUT2D eigenvalue weighted by Gasteiger charge is 2.49. The van der Waals surface area contributed by atoms with E-state index in [9.17, 15) is 9.59 Å². The summed E-state index contributed by atoms with van der Waals surface area (Å²) in [5.41, 5.74) is 3.08. The molecule has 0 aromatic heterocycles. The Labute approximate surface area is 139 Å². The van der Waals surface area contributed by atoms with E-state index in [4.69, 9.17) is 0 Å². The van der Waals surface area contributed by atoms with Gasteiger partial charge in [-0.15, -0.1) is 0 Å². The largest absolute Gasteiger partial charge is 0.342 e. The normalized spacial score (nSPS) is 19.3. The van der Waals surface area contributed by atoms with Gasteiger partial charge in [0.2, 0.25) is 11.8 Å².